The van der Waals surface area contributed by atoms with E-state index in [-0.39, 0.29) is 19.8 Å². The van der Waals surface area contributed by atoms with E-state index in [2.05, 4.69) is 9.47 Å². The van der Waals surface area contributed by atoms with Crippen molar-refractivity contribution in [1.82, 2.24) is 0 Å². The summed E-state index contributed by atoms with van der Waals surface area (Å²) in [5.74, 6) is -0.555. The average Bonchev–Trinajstić information content (AvgIpc) is 2.31. The van der Waals surface area contributed by atoms with Crippen LogP contribution in [0.5, 0.6) is 0 Å². The second kappa shape index (κ2) is 7.69. The maximum atomic E-state index is 11.9. The lowest BCUT2D eigenvalue weighted by Gasteiger charge is -2.27. The molecule has 0 fully saturated rings. The predicted octanol–water partition coefficient (Wildman–Crippen LogP) is 3.33. The Morgan fingerprint density at radius 2 is 1.20 bits per heavy atom. The molecule has 0 aliphatic heterocycles. The van der Waals surface area contributed by atoms with Crippen molar-refractivity contribution < 1.29 is 28.6 Å². The van der Waals surface area contributed by atoms with Crippen LogP contribution >= 0.6 is 23.2 Å². The van der Waals surface area contributed by atoms with Gasteiger partial charge in [-0.1, -0.05) is 13.8 Å². The van der Waals surface area contributed by atoms with Gasteiger partial charge in [-0.05, 0) is 13.8 Å². The van der Waals surface area contributed by atoms with Crippen LogP contribution in [0.3, 0.4) is 0 Å². The van der Waals surface area contributed by atoms with Crippen LogP contribution in [0.25, 0.3) is 0 Å². The van der Waals surface area contributed by atoms with Gasteiger partial charge in [0.2, 0.25) is 0 Å². The van der Waals surface area contributed by atoms with Crippen molar-refractivity contribution in [3.8, 4) is 0 Å². The van der Waals surface area contributed by atoms with Crippen LogP contribution in [0.4, 0.5) is 9.59 Å². The first kappa shape index (κ1) is 19.0. The van der Waals surface area contributed by atoms with E-state index in [9.17, 15) is 14.4 Å². The first-order valence-electron chi connectivity index (χ1n) is 5.78. The molecular formula is C12H18Cl2O6. The molecule has 0 bridgehead atoms. The molecule has 0 radical (unpaired) electrons. The molecule has 0 rings (SSSR count). The Hall–Kier alpha value is -1.01. The van der Waals surface area contributed by atoms with Gasteiger partial charge in [0.1, 0.15) is 13.2 Å². The minimum absolute atomic E-state index is 0.0136. The van der Waals surface area contributed by atoms with E-state index in [1.807, 2.05) is 0 Å². The van der Waals surface area contributed by atoms with Crippen molar-refractivity contribution in [2.24, 2.45) is 10.8 Å². The number of carbonyl (C=O) groups is 3. The molecule has 0 aliphatic rings. The van der Waals surface area contributed by atoms with Crippen LogP contribution < -0.4 is 0 Å². The van der Waals surface area contributed by atoms with E-state index in [0.717, 1.165) is 0 Å². The van der Waals surface area contributed by atoms with Crippen molar-refractivity contribution in [1.29, 1.82) is 0 Å². The molecule has 0 aromatic rings. The highest BCUT2D eigenvalue weighted by atomic mass is 35.5. The van der Waals surface area contributed by atoms with E-state index in [0.29, 0.717) is 0 Å². The zero-order valence-corrected chi connectivity index (χ0v) is 13.3. The highest BCUT2D eigenvalue weighted by Gasteiger charge is 2.33. The molecule has 0 N–H and O–H groups in total. The minimum Gasteiger partial charge on any atom is -0.464 e. The lowest BCUT2D eigenvalue weighted by Crippen LogP contribution is -2.35. The maximum Gasteiger partial charge on any atom is 0.403 e. The van der Waals surface area contributed by atoms with Crippen LogP contribution in [-0.2, 0) is 19.0 Å². The van der Waals surface area contributed by atoms with E-state index in [1.54, 1.807) is 27.7 Å². The van der Waals surface area contributed by atoms with Crippen LogP contribution in [0.2, 0.25) is 0 Å². The molecule has 0 aromatic carbocycles. The van der Waals surface area contributed by atoms with Gasteiger partial charge < -0.3 is 14.2 Å². The summed E-state index contributed by atoms with van der Waals surface area (Å²) in [6, 6.07) is 0. The summed E-state index contributed by atoms with van der Waals surface area (Å²) < 4.78 is 14.4. The molecular weight excluding hydrogens is 311 g/mol. The van der Waals surface area contributed by atoms with Gasteiger partial charge in [-0.25, -0.2) is 9.59 Å². The number of esters is 1. The van der Waals surface area contributed by atoms with Crippen LogP contribution in [0.15, 0.2) is 0 Å². The molecule has 0 aromatic heterocycles. The van der Waals surface area contributed by atoms with Crippen LogP contribution in [-0.4, -0.2) is 36.6 Å². The number of ether oxygens (including phenoxy) is 3. The monoisotopic (exact) mass is 328 g/mol. The molecule has 0 atom stereocenters. The molecule has 0 saturated carbocycles. The van der Waals surface area contributed by atoms with Crippen molar-refractivity contribution in [3.05, 3.63) is 0 Å². The number of hydrogen-bond acceptors (Lipinski definition) is 6. The van der Waals surface area contributed by atoms with E-state index < -0.39 is 27.7 Å². The molecule has 0 spiro atoms. The molecule has 0 amide bonds. The Labute approximate surface area is 127 Å². The van der Waals surface area contributed by atoms with Gasteiger partial charge in [-0.3, -0.25) is 4.79 Å². The first-order valence-corrected chi connectivity index (χ1v) is 6.54. The fourth-order valence-corrected chi connectivity index (χ4v) is 1.16. The molecule has 0 saturated heterocycles. The minimum atomic E-state index is -1.02. The van der Waals surface area contributed by atoms with Crippen molar-refractivity contribution in [2.45, 2.75) is 27.7 Å². The van der Waals surface area contributed by atoms with Gasteiger partial charge in [0, 0.05) is 28.6 Å². The summed E-state index contributed by atoms with van der Waals surface area (Å²) in [7, 11) is 0. The highest BCUT2D eigenvalue weighted by molar-refractivity contribution is 6.61. The van der Waals surface area contributed by atoms with Crippen LogP contribution in [0.1, 0.15) is 27.7 Å². The quantitative estimate of drug-likeness (QED) is 0.405. The summed E-state index contributed by atoms with van der Waals surface area (Å²) >= 11 is 10.1. The standard InChI is InChI=1S/C12H18Cl2O6/c1-11(2,6-19-9(13)16)5-18-8(15)12(3,4)7-20-10(14)17/h5-7H2,1-4H3. The zero-order valence-electron chi connectivity index (χ0n) is 11.8. The Kier molecular flexibility index (Phi) is 7.30. The third-order valence-electron chi connectivity index (χ3n) is 2.27. The fourth-order valence-electron chi connectivity index (χ4n) is 1.05. The predicted molar refractivity (Wildman–Crippen MR) is 72.9 cm³/mol. The normalized spacial score (nSPS) is 11.7. The topological polar surface area (TPSA) is 78.9 Å². The summed E-state index contributed by atoms with van der Waals surface area (Å²) in [6.45, 7) is 6.44. The number of hydrogen-bond donors (Lipinski definition) is 0. The maximum absolute atomic E-state index is 11.9. The lowest BCUT2D eigenvalue weighted by molar-refractivity contribution is -0.159. The van der Waals surface area contributed by atoms with Gasteiger partial charge in [0.05, 0.1) is 12.0 Å². The Morgan fingerprint density at radius 3 is 1.65 bits per heavy atom. The van der Waals surface area contributed by atoms with Gasteiger partial charge >= 0.3 is 16.8 Å². The Bertz CT molecular complexity index is 378. The molecule has 0 unspecified atom stereocenters. The third-order valence-corrected chi connectivity index (χ3v) is 2.49. The van der Waals surface area contributed by atoms with E-state index >= 15 is 0 Å². The lowest BCUT2D eigenvalue weighted by atomic mass is 9.94. The molecule has 8 heteroatoms. The second-order valence-electron chi connectivity index (χ2n) is 5.68. The summed E-state index contributed by atoms with van der Waals surface area (Å²) in [6.07, 6.45) is 0. The smallest absolute Gasteiger partial charge is 0.403 e. The summed E-state index contributed by atoms with van der Waals surface area (Å²) in [5, 5.41) is 0. The molecule has 0 aliphatic carbocycles. The average molecular weight is 329 g/mol. The zero-order chi connectivity index (χ0) is 16.0. The molecule has 116 valence electrons. The fraction of sp³-hybridized carbons (Fsp3) is 0.750. The van der Waals surface area contributed by atoms with Crippen LogP contribution in [0, 0.1) is 10.8 Å². The van der Waals surface area contributed by atoms with Crippen molar-refractivity contribution >= 4 is 40.0 Å². The molecule has 20 heavy (non-hydrogen) atoms. The largest absolute Gasteiger partial charge is 0.464 e. The number of carbonyl (C=O) groups excluding carboxylic acids is 3. The van der Waals surface area contributed by atoms with Gasteiger partial charge in [0.25, 0.3) is 0 Å². The summed E-state index contributed by atoms with van der Waals surface area (Å²) in [4.78, 5) is 32.9. The van der Waals surface area contributed by atoms with Gasteiger partial charge in [0.15, 0.2) is 0 Å². The second-order valence-corrected chi connectivity index (χ2v) is 6.29. The molecule has 0 heterocycles. The Balaban J connectivity index is 4.31. The van der Waals surface area contributed by atoms with Crippen molar-refractivity contribution in [2.75, 3.05) is 19.8 Å². The third kappa shape index (κ3) is 8.22. The number of halogens is 2. The van der Waals surface area contributed by atoms with Gasteiger partial charge in [-0.2, -0.15) is 0 Å². The molecule has 6 nitrogen and oxygen atoms in total. The summed E-state index contributed by atoms with van der Waals surface area (Å²) in [5.41, 5.74) is -3.51. The van der Waals surface area contributed by atoms with Crippen molar-refractivity contribution in [3.63, 3.8) is 0 Å². The van der Waals surface area contributed by atoms with E-state index in [1.165, 1.54) is 0 Å². The SMILES string of the molecule is CC(C)(COC(=O)Cl)COC(=O)C(C)(C)COC(=O)Cl. The van der Waals surface area contributed by atoms with E-state index in [4.69, 9.17) is 27.9 Å². The first-order chi connectivity index (χ1) is 8.96. The highest BCUT2D eigenvalue weighted by Crippen LogP contribution is 2.22. The van der Waals surface area contributed by atoms with Gasteiger partial charge in [-0.15, -0.1) is 0 Å². The number of rotatable bonds is 7. The Morgan fingerprint density at radius 1 is 0.800 bits per heavy atom.